The van der Waals surface area contributed by atoms with Gasteiger partial charge in [-0.3, -0.25) is 0 Å². The van der Waals surface area contributed by atoms with Crippen LogP contribution in [0.15, 0.2) is 60.9 Å². The predicted octanol–water partition coefficient (Wildman–Crippen LogP) is 6.02. The molecule has 0 amide bonds. The molecule has 35 heavy (non-hydrogen) atoms. The van der Waals surface area contributed by atoms with E-state index in [0.29, 0.717) is 23.9 Å². The zero-order chi connectivity index (χ0) is 24.2. The average Bonchev–Trinajstić information content (AvgIpc) is 3.39. The Hall–Kier alpha value is -3.84. The number of nitrogens with one attached hydrogen (secondary N) is 1. The third-order valence-corrected chi connectivity index (χ3v) is 5.66. The summed E-state index contributed by atoms with van der Waals surface area (Å²) in [5, 5.41) is 10.4. The topological polar surface area (TPSA) is 79.8 Å². The normalized spacial score (nSPS) is 10.4. The molecule has 1 aromatic heterocycles. The number of methoxy groups -OCH3 is 2. The maximum absolute atomic E-state index is 10.4. The number of benzene rings is 3. The minimum atomic E-state index is -0.0428. The molecule has 0 saturated carbocycles. The number of nitrogens with zero attached hydrogens (tertiary/aromatic N) is 2. The predicted molar refractivity (Wildman–Crippen MR) is 142 cm³/mol. The van der Waals surface area contributed by atoms with Gasteiger partial charge in [-0.25, -0.2) is 4.98 Å². The van der Waals surface area contributed by atoms with Crippen LogP contribution in [0.3, 0.4) is 0 Å². The second kappa shape index (κ2) is 11.1. The molecule has 3 aromatic carbocycles. The van der Waals surface area contributed by atoms with E-state index in [1.165, 1.54) is 14.2 Å². The first-order valence-corrected chi connectivity index (χ1v) is 11.0. The molecule has 0 radical (unpaired) electrons. The highest BCUT2D eigenvalue weighted by atomic mass is 35.5. The smallest absolute Gasteiger partial charge is 0.200 e. The van der Waals surface area contributed by atoms with Gasteiger partial charge in [0, 0.05) is 43.3 Å². The Morgan fingerprint density at radius 3 is 2.03 bits per heavy atom. The summed E-state index contributed by atoms with van der Waals surface area (Å²) in [6.45, 7) is 2.50. The highest BCUT2D eigenvalue weighted by molar-refractivity contribution is 5.89. The van der Waals surface area contributed by atoms with Crippen molar-refractivity contribution in [1.29, 1.82) is 0 Å². The number of hydrogen-bond donors (Lipinski definition) is 2. The summed E-state index contributed by atoms with van der Waals surface area (Å²) >= 11 is 0. The maximum atomic E-state index is 10.4. The third kappa shape index (κ3) is 5.15. The first-order chi connectivity index (χ1) is 16.5. The van der Waals surface area contributed by atoms with Crippen LogP contribution in [0.25, 0.3) is 33.6 Å². The van der Waals surface area contributed by atoms with E-state index < -0.39 is 0 Å². The molecule has 0 aliphatic carbocycles. The summed E-state index contributed by atoms with van der Waals surface area (Å²) in [6, 6.07) is 16.0. The SMILES string of the molecule is CCOc1cc(-c2ncc[nH]2)c(-c2cc(OC)c(O)c(OC)c2)cc1-c1ccc(N(C)C)cc1.Cl. The van der Waals surface area contributed by atoms with Crippen molar-refractivity contribution < 1.29 is 19.3 Å². The maximum Gasteiger partial charge on any atom is 0.200 e. The van der Waals surface area contributed by atoms with Gasteiger partial charge in [-0.15, -0.1) is 12.4 Å². The number of aromatic nitrogens is 2. The largest absolute Gasteiger partial charge is 0.502 e. The van der Waals surface area contributed by atoms with Crippen molar-refractivity contribution in [2.75, 3.05) is 39.8 Å². The van der Waals surface area contributed by atoms with Gasteiger partial charge in [0.2, 0.25) is 5.75 Å². The molecular formula is C27H30ClN3O4. The molecule has 0 aliphatic heterocycles. The second-order valence-corrected chi connectivity index (χ2v) is 7.94. The summed E-state index contributed by atoms with van der Waals surface area (Å²) in [5.41, 5.74) is 5.65. The van der Waals surface area contributed by atoms with E-state index in [0.717, 1.165) is 39.3 Å². The molecule has 0 fully saturated rings. The van der Waals surface area contributed by atoms with Crippen LogP contribution >= 0.6 is 12.4 Å². The summed E-state index contributed by atoms with van der Waals surface area (Å²) in [6.07, 6.45) is 3.50. The van der Waals surface area contributed by atoms with Gasteiger partial charge in [0.1, 0.15) is 11.6 Å². The number of aromatic hydroxyl groups is 1. The molecule has 0 unspecified atom stereocenters. The van der Waals surface area contributed by atoms with Crippen LogP contribution in [-0.4, -0.2) is 50.0 Å². The first kappa shape index (κ1) is 25.8. The minimum Gasteiger partial charge on any atom is -0.502 e. The fourth-order valence-corrected chi connectivity index (χ4v) is 3.92. The molecule has 8 heteroatoms. The number of aromatic amines is 1. The van der Waals surface area contributed by atoms with Crippen LogP contribution in [0.1, 0.15) is 6.92 Å². The monoisotopic (exact) mass is 495 g/mol. The molecule has 184 valence electrons. The highest BCUT2D eigenvalue weighted by Gasteiger charge is 2.20. The molecule has 0 saturated heterocycles. The van der Waals surface area contributed by atoms with E-state index in [1.807, 2.05) is 27.1 Å². The average molecular weight is 496 g/mol. The van der Waals surface area contributed by atoms with Crippen molar-refractivity contribution in [2.45, 2.75) is 6.92 Å². The number of hydrogen-bond acceptors (Lipinski definition) is 6. The fourth-order valence-electron chi connectivity index (χ4n) is 3.92. The molecule has 7 nitrogen and oxygen atoms in total. The lowest BCUT2D eigenvalue weighted by Gasteiger charge is -2.19. The van der Waals surface area contributed by atoms with Crippen LogP contribution in [0.5, 0.6) is 23.0 Å². The van der Waals surface area contributed by atoms with E-state index in [4.69, 9.17) is 14.2 Å². The summed E-state index contributed by atoms with van der Waals surface area (Å²) < 4.78 is 16.9. The molecule has 0 aliphatic rings. The van der Waals surface area contributed by atoms with E-state index in [1.54, 1.807) is 24.5 Å². The van der Waals surface area contributed by atoms with Crippen LogP contribution < -0.4 is 19.1 Å². The summed E-state index contributed by atoms with van der Waals surface area (Å²) in [7, 11) is 7.06. The van der Waals surface area contributed by atoms with Crippen LogP contribution in [-0.2, 0) is 0 Å². The Morgan fingerprint density at radius 1 is 0.857 bits per heavy atom. The Labute approximate surface area is 211 Å². The van der Waals surface area contributed by atoms with Crippen LogP contribution in [0.2, 0.25) is 0 Å². The Bertz CT molecular complexity index is 1250. The number of ether oxygens (including phenoxy) is 3. The molecule has 1 heterocycles. The van der Waals surface area contributed by atoms with E-state index in [9.17, 15) is 5.11 Å². The van der Waals surface area contributed by atoms with Gasteiger partial charge in [-0.2, -0.15) is 0 Å². The van der Waals surface area contributed by atoms with Crippen molar-refractivity contribution in [2.24, 2.45) is 0 Å². The van der Waals surface area contributed by atoms with Gasteiger partial charge < -0.3 is 29.2 Å². The van der Waals surface area contributed by atoms with Gasteiger partial charge in [0.15, 0.2) is 11.5 Å². The lowest BCUT2D eigenvalue weighted by molar-refractivity contribution is 0.340. The number of phenolic OH excluding ortho intramolecular Hbond substituents is 1. The molecule has 0 bridgehead atoms. The summed E-state index contributed by atoms with van der Waals surface area (Å²) in [5.74, 6) is 2.07. The lowest BCUT2D eigenvalue weighted by Crippen LogP contribution is -2.08. The van der Waals surface area contributed by atoms with E-state index in [2.05, 4.69) is 45.2 Å². The Morgan fingerprint density at radius 2 is 1.51 bits per heavy atom. The van der Waals surface area contributed by atoms with Gasteiger partial charge in [-0.1, -0.05) is 12.1 Å². The zero-order valence-corrected chi connectivity index (χ0v) is 21.3. The van der Waals surface area contributed by atoms with Crippen molar-refractivity contribution in [1.82, 2.24) is 9.97 Å². The number of rotatable bonds is 8. The molecule has 4 aromatic rings. The van der Waals surface area contributed by atoms with Crippen LogP contribution in [0.4, 0.5) is 5.69 Å². The van der Waals surface area contributed by atoms with E-state index in [-0.39, 0.29) is 18.2 Å². The number of phenols is 1. The van der Waals surface area contributed by atoms with Crippen molar-refractivity contribution in [3.05, 3.63) is 60.9 Å². The fraction of sp³-hybridized carbons (Fsp3) is 0.222. The molecule has 4 rings (SSSR count). The number of H-pyrrole nitrogens is 1. The quantitative estimate of drug-likeness (QED) is 0.311. The second-order valence-electron chi connectivity index (χ2n) is 7.94. The molecule has 0 spiro atoms. The Balaban J connectivity index is 0.00000342. The molecular weight excluding hydrogens is 466 g/mol. The van der Waals surface area contributed by atoms with Gasteiger partial charge in [0.05, 0.1) is 20.8 Å². The van der Waals surface area contributed by atoms with E-state index >= 15 is 0 Å². The van der Waals surface area contributed by atoms with Gasteiger partial charge >= 0.3 is 0 Å². The first-order valence-electron chi connectivity index (χ1n) is 11.0. The Kier molecular flexibility index (Phi) is 8.14. The van der Waals surface area contributed by atoms with Gasteiger partial charge in [-0.05, 0) is 60.0 Å². The standard InChI is InChI=1S/C27H29N3O4.ClH/c1-6-34-23-16-22(27-28-11-12-29-27)20(18-13-24(32-4)26(31)25(14-18)33-5)15-21(23)17-7-9-19(10-8-17)30(2)3;/h7-16,31H,6H2,1-5H3,(H,28,29);1H. The summed E-state index contributed by atoms with van der Waals surface area (Å²) in [4.78, 5) is 9.74. The minimum absolute atomic E-state index is 0. The number of halogens is 1. The van der Waals surface area contributed by atoms with Gasteiger partial charge in [0.25, 0.3) is 0 Å². The van der Waals surface area contributed by atoms with Crippen molar-refractivity contribution >= 4 is 18.1 Å². The van der Waals surface area contributed by atoms with Crippen molar-refractivity contribution in [3.8, 4) is 56.6 Å². The number of anilines is 1. The number of imidazole rings is 1. The molecule has 2 N–H and O–H groups in total. The van der Waals surface area contributed by atoms with Crippen LogP contribution in [0, 0.1) is 0 Å². The highest BCUT2D eigenvalue weighted by Crippen LogP contribution is 2.45. The molecule has 0 atom stereocenters. The zero-order valence-electron chi connectivity index (χ0n) is 20.5. The third-order valence-electron chi connectivity index (χ3n) is 5.66. The van der Waals surface area contributed by atoms with Crippen molar-refractivity contribution in [3.63, 3.8) is 0 Å². The lowest BCUT2D eigenvalue weighted by atomic mass is 9.92.